The molecule has 3 aromatic carbocycles. The SMILES string of the molecule is CN(c1ccc(OCC(=O)OCC(=O)Nc2ccc(I)cc2)cc1)S(=O)(=O)c1ccc(Cl)cc1. The van der Waals surface area contributed by atoms with Crippen LogP contribution in [0, 0.1) is 3.57 Å². The maximum absolute atomic E-state index is 12.8. The predicted octanol–water partition coefficient (Wildman–Crippen LogP) is 4.33. The summed E-state index contributed by atoms with van der Waals surface area (Å²) in [5, 5.41) is 3.06. The van der Waals surface area contributed by atoms with Crippen molar-refractivity contribution in [3.63, 3.8) is 0 Å². The average molecular weight is 615 g/mol. The van der Waals surface area contributed by atoms with Crippen LogP contribution >= 0.6 is 34.2 Å². The van der Waals surface area contributed by atoms with Crippen molar-refractivity contribution in [1.29, 1.82) is 0 Å². The highest BCUT2D eigenvalue weighted by atomic mass is 127. The van der Waals surface area contributed by atoms with Gasteiger partial charge < -0.3 is 14.8 Å². The molecular weight excluding hydrogens is 595 g/mol. The fourth-order valence-electron chi connectivity index (χ4n) is 2.72. The first kappa shape index (κ1) is 25.8. The Labute approximate surface area is 216 Å². The number of benzene rings is 3. The molecule has 1 amide bonds. The summed E-state index contributed by atoms with van der Waals surface area (Å²) in [7, 11) is -2.34. The van der Waals surface area contributed by atoms with Crippen molar-refractivity contribution in [3.8, 4) is 5.75 Å². The fourth-order valence-corrected chi connectivity index (χ4v) is 4.40. The van der Waals surface area contributed by atoms with E-state index in [1.54, 1.807) is 24.3 Å². The minimum Gasteiger partial charge on any atom is -0.482 e. The molecule has 0 spiro atoms. The van der Waals surface area contributed by atoms with Crippen LogP contribution in [-0.4, -0.2) is 40.6 Å². The number of nitrogens with one attached hydrogen (secondary N) is 1. The molecule has 34 heavy (non-hydrogen) atoms. The molecule has 0 aliphatic heterocycles. The zero-order chi connectivity index (χ0) is 24.7. The van der Waals surface area contributed by atoms with Gasteiger partial charge in [0.15, 0.2) is 13.2 Å². The number of esters is 1. The second kappa shape index (κ2) is 11.5. The van der Waals surface area contributed by atoms with E-state index in [2.05, 4.69) is 27.9 Å². The molecule has 0 radical (unpaired) electrons. The lowest BCUT2D eigenvalue weighted by Gasteiger charge is -2.20. The third kappa shape index (κ3) is 7.08. The van der Waals surface area contributed by atoms with Gasteiger partial charge in [-0.25, -0.2) is 13.2 Å². The van der Waals surface area contributed by atoms with Crippen LogP contribution in [-0.2, 0) is 24.3 Å². The summed E-state index contributed by atoms with van der Waals surface area (Å²) in [5.74, 6) is -0.852. The summed E-state index contributed by atoms with van der Waals surface area (Å²) in [6.45, 7) is -0.852. The zero-order valence-electron chi connectivity index (χ0n) is 17.9. The molecule has 0 fully saturated rings. The summed E-state index contributed by atoms with van der Waals surface area (Å²) in [4.78, 5) is 23.9. The Morgan fingerprint density at radius 3 is 2.18 bits per heavy atom. The molecule has 1 N–H and O–H groups in total. The highest BCUT2D eigenvalue weighted by Crippen LogP contribution is 2.25. The zero-order valence-corrected chi connectivity index (χ0v) is 21.6. The highest BCUT2D eigenvalue weighted by Gasteiger charge is 2.21. The molecule has 0 bridgehead atoms. The molecule has 0 unspecified atom stereocenters. The van der Waals surface area contributed by atoms with Crippen LogP contribution in [0.25, 0.3) is 0 Å². The monoisotopic (exact) mass is 614 g/mol. The van der Waals surface area contributed by atoms with Crippen molar-refractivity contribution in [2.75, 3.05) is 29.9 Å². The topological polar surface area (TPSA) is 102 Å². The van der Waals surface area contributed by atoms with E-state index < -0.39 is 35.1 Å². The van der Waals surface area contributed by atoms with Gasteiger partial charge in [-0.3, -0.25) is 9.10 Å². The van der Waals surface area contributed by atoms with Gasteiger partial charge in [0.1, 0.15) is 5.75 Å². The molecule has 8 nitrogen and oxygen atoms in total. The van der Waals surface area contributed by atoms with Crippen LogP contribution in [0.2, 0.25) is 5.02 Å². The fraction of sp³-hybridized carbons (Fsp3) is 0.130. The van der Waals surface area contributed by atoms with Gasteiger partial charge in [-0.15, -0.1) is 0 Å². The quantitative estimate of drug-likeness (QED) is 0.285. The Bertz CT molecular complexity index is 1250. The minimum absolute atomic E-state index is 0.105. The largest absolute Gasteiger partial charge is 0.482 e. The maximum atomic E-state index is 12.8. The number of hydrogen-bond acceptors (Lipinski definition) is 6. The number of halogens is 2. The number of ether oxygens (including phenoxy) is 2. The van der Waals surface area contributed by atoms with Gasteiger partial charge in [0.25, 0.3) is 15.9 Å². The van der Waals surface area contributed by atoms with E-state index >= 15 is 0 Å². The molecule has 0 heterocycles. The van der Waals surface area contributed by atoms with Gasteiger partial charge >= 0.3 is 5.97 Å². The highest BCUT2D eigenvalue weighted by molar-refractivity contribution is 14.1. The summed E-state index contributed by atoms with van der Waals surface area (Å²) in [6.07, 6.45) is 0. The van der Waals surface area contributed by atoms with E-state index in [9.17, 15) is 18.0 Å². The van der Waals surface area contributed by atoms with Gasteiger partial charge in [0.2, 0.25) is 0 Å². The Hall–Kier alpha value is -2.83. The summed E-state index contributed by atoms with van der Waals surface area (Å²) < 4.78 is 37.9. The molecule has 178 valence electrons. The van der Waals surface area contributed by atoms with E-state index in [0.717, 1.165) is 7.88 Å². The number of amides is 1. The van der Waals surface area contributed by atoms with Crippen molar-refractivity contribution in [2.45, 2.75) is 4.90 Å². The van der Waals surface area contributed by atoms with Crippen molar-refractivity contribution < 1.29 is 27.5 Å². The lowest BCUT2D eigenvalue weighted by molar-refractivity contribution is -0.149. The number of carbonyl (C=O) groups excluding carboxylic acids is 2. The first-order valence-electron chi connectivity index (χ1n) is 9.83. The van der Waals surface area contributed by atoms with Crippen LogP contribution in [0.4, 0.5) is 11.4 Å². The second-order valence-corrected chi connectivity index (χ2v) is 10.6. The Kier molecular flexibility index (Phi) is 8.75. The number of anilines is 2. The van der Waals surface area contributed by atoms with Gasteiger partial charge in [0.05, 0.1) is 10.6 Å². The third-order valence-electron chi connectivity index (χ3n) is 4.52. The number of carbonyl (C=O) groups is 2. The maximum Gasteiger partial charge on any atom is 0.344 e. The molecule has 11 heteroatoms. The minimum atomic E-state index is -3.77. The van der Waals surface area contributed by atoms with Gasteiger partial charge in [-0.1, -0.05) is 11.6 Å². The van der Waals surface area contributed by atoms with E-state index in [1.165, 1.54) is 43.4 Å². The first-order valence-corrected chi connectivity index (χ1v) is 12.7. The summed E-state index contributed by atoms with van der Waals surface area (Å²) in [6, 6.07) is 19.2. The Balaban J connectivity index is 1.48. The molecule has 0 saturated carbocycles. The van der Waals surface area contributed by atoms with Crippen LogP contribution in [0.1, 0.15) is 0 Å². The van der Waals surface area contributed by atoms with Crippen LogP contribution in [0.5, 0.6) is 5.75 Å². The number of rotatable bonds is 9. The number of sulfonamides is 1. The smallest absolute Gasteiger partial charge is 0.344 e. The summed E-state index contributed by atoms with van der Waals surface area (Å²) >= 11 is 7.98. The van der Waals surface area contributed by atoms with Crippen LogP contribution in [0.15, 0.2) is 77.7 Å². The Morgan fingerprint density at radius 2 is 1.56 bits per heavy atom. The molecule has 0 saturated heterocycles. The lowest BCUT2D eigenvalue weighted by Crippen LogP contribution is -2.26. The second-order valence-electron chi connectivity index (χ2n) is 6.92. The molecule has 0 aliphatic rings. The predicted molar refractivity (Wildman–Crippen MR) is 138 cm³/mol. The molecule has 0 aliphatic carbocycles. The standard InChI is InChI=1S/C23H20ClIN2O6S/c1-27(34(30,31)21-12-2-16(24)3-13-21)19-8-10-20(11-9-19)32-15-23(29)33-14-22(28)26-18-6-4-17(25)5-7-18/h2-13H,14-15H2,1H3,(H,26,28). The number of hydrogen-bond donors (Lipinski definition) is 1. The van der Waals surface area contributed by atoms with Crippen LogP contribution in [0.3, 0.4) is 0 Å². The Morgan fingerprint density at radius 1 is 0.941 bits per heavy atom. The molecule has 0 atom stereocenters. The van der Waals surface area contributed by atoms with Crippen molar-refractivity contribution >= 4 is 67.5 Å². The van der Waals surface area contributed by atoms with E-state index in [4.69, 9.17) is 21.1 Å². The number of nitrogens with zero attached hydrogens (tertiary/aromatic N) is 1. The molecular formula is C23H20ClIN2O6S. The van der Waals surface area contributed by atoms with Crippen molar-refractivity contribution in [1.82, 2.24) is 0 Å². The lowest BCUT2D eigenvalue weighted by atomic mass is 10.3. The van der Waals surface area contributed by atoms with Gasteiger partial charge in [-0.05, 0) is 95.4 Å². The van der Waals surface area contributed by atoms with E-state index in [1.807, 2.05) is 12.1 Å². The van der Waals surface area contributed by atoms with Gasteiger partial charge in [-0.2, -0.15) is 0 Å². The first-order chi connectivity index (χ1) is 16.1. The van der Waals surface area contributed by atoms with E-state index in [0.29, 0.717) is 22.1 Å². The average Bonchev–Trinajstić information content (AvgIpc) is 2.83. The van der Waals surface area contributed by atoms with Crippen LogP contribution < -0.4 is 14.4 Å². The summed E-state index contributed by atoms with van der Waals surface area (Å²) in [5.41, 5.74) is 0.998. The van der Waals surface area contributed by atoms with Crippen molar-refractivity contribution in [2.24, 2.45) is 0 Å². The normalized spacial score (nSPS) is 10.9. The molecule has 3 rings (SSSR count). The van der Waals surface area contributed by atoms with Crippen molar-refractivity contribution in [3.05, 3.63) is 81.4 Å². The van der Waals surface area contributed by atoms with E-state index in [-0.39, 0.29) is 4.90 Å². The molecule has 0 aromatic heterocycles. The third-order valence-corrected chi connectivity index (χ3v) is 7.29. The molecule has 3 aromatic rings. The van der Waals surface area contributed by atoms with Gasteiger partial charge in [0, 0.05) is 21.3 Å².